The molecule has 1 atom stereocenters. The summed E-state index contributed by atoms with van der Waals surface area (Å²) in [4.78, 5) is 23.2. The summed E-state index contributed by atoms with van der Waals surface area (Å²) < 4.78 is 15.2. The molecule has 0 saturated carbocycles. The van der Waals surface area contributed by atoms with Crippen molar-refractivity contribution < 1.29 is 34.0 Å². The maximum absolute atomic E-state index is 11.8. The van der Waals surface area contributed by atoms with Gasteiger partial charge in [0.2, 0.25) is 0 Å². The first-order valence-corrected chi connectivity index (χ1v) is 7.23. The van der Waals surface area contributed by atoms with Crippen molar-refractivity contribution in [3.63, 3.8) is 0 Å². The van der Waals surface area contributed by atoms with E-state index in [0.29, 0.717) is 5.75 Å². The lowest BCUT2D eigenvalue weighted by Gasteiger charge is -2.22. The van der Waals surface area contributed by atoms with Crippen LogP contribution in [-0.4, -0.2) is 48.1 Å². The number of ether oxygens (including phenoxy) is 3. The minimum absolute atomic E-state index is 0.144. The molecule has 0 heterocycles. The maximum Gasteiger partial charge on any atom is 0.408 e. The highest BCUT2D eigenvalue weighted by molar-refractivity contribution is 5.80. The number of amides is 1. The van der Waals surface area contributed by atoms with E-state index < -0.39 is 23.7 Å². The summed E-state index contributed by atoms with van der Waals surface area (Å²) in [6, 6.07) is 1.66. The van der Waals surface area contributed by atoms with Crippen molar-refractivity contribution in [2.24, 2.45) is 0 Å². The number of hydrogen-bond donors (Lipinski definition) is 3. The molecule has 0 bridgehead atoms. The average Bonchev–Trinajstić information content (AvgIpc) is 2.46. The Morgan fingerprint density at radius 2 is 1.83 bits per heavy atom. The fourth-order valence-electron chi connectivity index (χ4n) is 1.94. The Hall–Kier alpha value is -2.64. The number of rotatable bonds is 6. The summed E-state index contributed by atoms with van der Waals surface area (Å²) in [5.41, 5.74) is -0.497. The summed E-state index contributed by atoms with van der Waals surface area (Å²) in [6.45, 7) is 5.00. The quantitative estimate of drug-likeness (QED) is 0.724. The Bertz CT molecular complexity index is 607. The van der Waals surface area contributed by atoms with Gasteiger partial charge in [-0.1, -0.05) is 0 Å². The van der Waals surface area contributed by atoms with Crippen LogP contribution in [0.1, 0.15) is 26.3 Å². The second-order valence-electron chi connectivity index (χ2n) is 6.08. The average molecular weight is 341 g/mol. The molecule has 1 aromatic carbocycles. The molecule has 3 N–H and O–H groups in total. The minimum Gasteiger partial charge on any atom is -0.504 e. The third-order valence-corrected chi connectivity index (χ3v) is 3.00. The Morgan fingerprint density at radius 1 is 1.21 bits per heavy atom. The van der Waals surface area contributed by atoms with Gasteiger partial charge < -0.3 is 29.7 Å². The number of carboxylic acid groups (broad SMARTS) is 1. The molecule has 1 amide bonds. The number of aliphatic carboxylic acids is 1. The van der Waals surface area contributed by atoms with Crippen LogP contribution >= 0.6 is 0 Å². The van der Waals surface area contributed by atoms with E-state index in [-0.39, 0.29) is 23.5 Å². The Morgan fingerprint density at radius 3 is 2.29 bits per heavy atom. The van der Waals surface area contributed by atoms with E-state index in [4.69, 9.17) is 14.2 Å². The predicted molar refractivity (Wildman–Crippen MR) is 85.7 cm³/mol. The smallest absolute Gasteiger partial charge is 0.408 e. The van der Waals surface area contributed by atoms with E-state index in [0.717, 1.165) is 0 Å². The molecule has 0 aliphatic heterocycles. The normalized spacial score (nSPS) is 12.2. The van der Waals surface area contributed by atoms with Crippen LogP contribution in [0.4, 0.5) is 4.79 Å². The molecule has 8 heteroatoms. The summed E-state index contributed by atoms with van der Waals surface area (Å²) in [5, 5.41) is 21.7. The molecule has 24 heavy (non-hydrogen) atoms. The van der Waals surface area contributed by atoms with Crippen LogP contribution in [-0.2, 0) is 16.0 Å². The number of benzene rings is 1. The van der Waals surface area contributed by atoms with Crippen LogP contribution in [0.3, 0.4) is 0 Å². The van der Waals surface area contributed by atoms with Crippen LogP contribution in [0.15, 0.2) is 12.1 Å². The maximum atomic E-state index is 11.8. The molecule has 1 rings (SSSR count). The zero-order valence-electron chi connectivity index (χ0n) is 14.4. The topological polar surface area (TPSA) is 114 Å². The van der Waals surface area contributed by atoms with Crippen molar-refractivity contribution in [2.45, 2.75) is 38.8 Å². The van der Waals surface area contributed by atoms with E-state index in [2.05, 4.69) is 5.32 Å². The highest BCUT2D eigenvalue weighted by atomic mass is 16.6. The summed E-state index contributed by atoms with van der Waals surface area (Å²) in [6.07, 6.45) is -1.03. The minimum atomic E-state index is -1.29. The molecule has 0 aliphatic rings. The highest BCUT2D eigenvalue weighted by Gasteiger charge is 2.26. The molecule has 8 nitrogen and oxygen atoms in total. The number of phenolic OH excluding ortho intramolecular Hbond substituents is 1. The first-order valence-electron chi connectivity index (χ1n) is 7.23. The lowest BCUT2D eigenvalue weighted by molar-refractivity contribution is -0.139. The fourth-order valence-corrected chi connectivity index (χ4v) is 1.94. The molecule has 0 aromatic heterocycles. The van der Waals surface area contributed by atoms with Gasteiger partial charge in [0.25, 0.3) is 0 Å². The first kappa shape index (κ1) is 19.4. The van der Waals surface area contributed by atoms with E-state index >= 15 is 0 Å². The lowest BCUT2D eigenvalue weighted by Crippen LogP contribution is -2.44. The van der Waals surface area contributed by atoms with Crippen molar-refractivity contribution in [3.8, 4) is 17.2 Å². The number of phenols is 1. The molecule has 0 aliphatic carbocycles. The van der Waals surface area contributed by atoms with Gasteiger partial charge in [-0.05, 0) is 26.8 Å². The van der Waals surface area contributed by atoms with Crippen LogP contribution in [0.25, 0.3) is 0 Å². The van der Waals surface area contributed by atoms with Gasteiger partial charge >= 0.3 is 12.1 Å². The Labute approximate surface area is 140 Å². The zero-order chi connectivity index (χ0) is 18.5. The van der Waals surface area contributed by atoms with E-state index in [1.807, 2.05) is 0 Å². The highest BCUT2D eigenvalue weighted by Crippen LogP contribution is 2.35. The van der Waals surface area contributed by atoms with Crippen LogP contribution in [0.5, 0.6) is 17.2 Å². The first-order chi connectivity index (χ1) is 11.1. The standard InChI is InChI=1S/C16H23NO7/c1-16(2,3)24-15(21)17-11(14(19)20)7-9-6-10(22-4)8-12(23-5)13(9)18/h6,8,11,18H,7H2,1-5H3,(H,17,21)(H,19,20). The Balaban J connectivity index is 3.01. The SMILES string of the molecule is COc1cc(CC(NC(=O)OC(C)(C)C)C(=O)O)c(O)c(OC)c1. The third kappa shape index (κ3) is 5.53. The van der Waals surface area contributed by atoms with Crippen molar-refractivity contribution in [1.29, 1.82) is 0 Å². The number of carbonyl (C=O) groups is 2. The van der Waals surface area contributed by atoms with Gasteiger partial charge in [0.1, 0.15) is 17.4 Å². The number of aromatic hydroxyl groups is 1. The number of hydrogen-bond acceptors (Lipinski definition) is 6. The van der Waals surface area contributed by atoms with Crippen molar-refractivity contribution in [2.75, 3.05) is 14.2 Å². The van der Waals surface area contributed by atoms with E-state index in [9.17, 15) is 19.8 Å². The second-order valence-corrected chi connectivity index (χ2v) is 6.08. The molecular weight excluding hydrogens is 318 g/mol. The molecule has 134 valence electrons. The summed E-state index contributed by atoms with van der Waals surface area (Å²) in [5.74, 6) is -0.940. The molecule has 0 spiro atoms. The monoisotopic (exact) mass is 341 g/mol. The zero-order valence-corrected chi connectivity index (χ0v) is 14.4. The number of methoxy groups -OCH3 is 2. The van der Waals surface area contributed by atoms with Gasteiger partial charge in [0.15, 0.2) is 11.5 Å². The van der Waals surface area contributed by atoms with Crippen molar-refractivity contribution >= 4 is 12.1 Å². The van der Waals surface area contributed by atoms with Gasteiger partial charge in [-0.2, -0.15) is 0 Å². The van der Waals surface area contributed by atoms with Crippen LogP contribution < -0.4 is 14.8 Å². The van der Waals surface area contributed by atoms with E-state index in [1.165, 1.54) is 26.4 Å². The van der Waals surface area contributed by atoms with Gasteiger partial charge in [-0.3, -0.25) is 0 Å². The largest absolute Gasteiger partial charge is 0.504 e. The van der Waals surface area contributed by atoms with Gasteiger partial charge in [-0.25, -0.2) is 9.59 Å². The third-order valence-electron chi connectivity index (χ3n) is 3.00. The number of nitrogens with one attached hydrogen (secondary N) is 1. The second kappa shape index (κ2) is 7.76. The molecule has 0 fully saturated rings. The van der Waals surface area contributed by atoms with Crippen molar-refractivity contribution in [3.05, 3.63) is 17.7 Å². The molecular formula is C16H23NO7. The van der Waals surface area contributed by atoms with Gasteiger partial charge in [0, 0.05) is 18.1 Å². The summed E-state index contributed by atoms with van der Waals surface area (Å²) >= 11 is 0. The van der Waals surface area contributed by atoms with Crippen molar-refractivity contribution in [1.82, 2.24) is 5.32 Å². The fraction of sp³-hybridized carbons (Fsp3) is 0.500. The predicted octanol–water partition coefficient (Wildman–Crippen LogP) is 1.93. The molecule has 1 unspecified atom stereocenters. The number of carboxylic acids is 1. The van der Waals surface area contributed by atoms with E-state index in [1.54, 1.807) is 20.8 Å². The number of alkyl carbamates (subject to hydrolysis) is 1. The van der Waals surface area contributed by atoms with Crippen LogP contribution in [0.2, 0.25) is 0 Å². The van der Waals surface area contributed by atoms with Gasteiger partial charge in [0.05, 0.1) is 14.2 Å². The summed E-state index contributed by atoms with van der Waals surface area (Å²) in [7, 11) is 2.80. The molecule has 0 saturated heterocycles. The Kier molecular flexibility index (Phi) is 6.27. The lowest BCUT2D eigenvalue weighted by atomic mass is 10.0. The van der Waals surface area contributed by atoms with Crippen LogP contribution in [0, 0.1) is 0 Å². The molecule has 0 radical (unpaired) electrons. The number of carbonyl (C=O) groups excluding carboxylic acids is 1. The molecule has 1 aromatic rings. The van der Waals surface area contributed by atoms with Gasteiger partial charge in [-0.15, -0.1) is 0 Å².